The van der Waals surface area contributed by atoms with E-state index in [1.165, 1.54) is 0 Å². The number of anilines is 1. The van der Waals surface area contributed by atoms with Crippen LogP contribution in [0.25, 0.3) is 5.65 Å². The van der Waals surface area contributed by atoms with Crippen molar-refractivity contribution in [1.82, 2.24) is 14.6 Å². The van der Waals surface area contributed by atoms with Gasteiger partial charge in [-0.3, -0.25) is 0 Å². The van der Waals surface area contributed by atoms with Crippen molar-refractivity contribution in [2.45, 2.75) is 45.3 Å². The smallest absolute Gasteiger partial charge is 0.243 e. The molecule has 0 saturated carbocycles. The number of nitrogens with one attached hydrogen (secondary N) is 1. The van der Waals surface area contributed by atoms with Crippen LogP contribution in [0.1, 0.15) is 32.4 Å². The summed E-state index contributed by atoms with van der Waals surface area (Å²) < 4.78 is 7.59. The van der Waals surface area contributed by atoms with E-state index in [1.807, 2.05) is 29.6 Å². The van der Waals surface area contributed by atoms with Crippen molar-refractivity contribution < 1.29 is 4.74 Å². The van der Waals surface area contributed by atoms with Gasteiger partial charge in [-0.25, -0.2) is 4.52 Å². The van der Waals surface area contributed by atoms with Crippen LogP contribution in [-0.2, 0) is 4.74 Å². The maximum atomic E-state index is 5.73. The van der Waals surface area contributed by atoms with E-state index < -0.39 is 0 Å². The zero-order chi connectivity index (χ0) is 13.5. The quantitative estimate of drug-likeness (QED) is 0.901. The molecule has 5 nitrogen and oxygen atoms in total. The van der Waals surface area contributed by atoms with Gasteiger partial charge in [0.15, 0.2) is 5.65 Å². The van der Waals surface area contributed by atoms with E-state index in [0.717, 1.165) is 30.8 Å². The Morgan fingerprint density at radius 1 is 1.42 bits per heavy atom. The molecule has 2 aromatic heterocycles. The summed E-state index contributed by atoms with van der Waals surface area (Å²) in [5, 5.41) is 7.94. The first-order chi connectivity index (χ1) is 9.03. The minimum Gasteiger partial charge on any atom is -0.375 e. The second-order valence-corrected chi connectivity index (χ2v) is 5.81. The van der Waals surface area contributed by atoms with Gasteiger partial charge < -0.3 is 10.1 Å². The molecule has 3 heterocycles. The summed E-state index contributed by atoms with van der Waals surface area (Å²) in [7, 11) is 0. The van der Waals surface area contributed by atoms with Crippen molar-refractivity contribution in [3.8, 4) is 0 Å². The molecule has 1 fully saturated rings. The summed E-state index contributed by atoms with van der Waals surface area (Å²) in [4.78, 5) is 4.52. The Labute approximate surface area is 113 Å². The fourth-order valence-electron chi connectivity index (χ4n) is 2.63. The molecule has 0 bridgehead atoms. The first kappa shape index (κ1) is 12.4. The van der Waals surface area contributed by atoms with Crippen molar-refractivity contribution in [3.05, 3.63) is 23.9 Å². The number of ether oxygens (including phenoxy) is 1. The van der Waals surface area contributed by atoms with Crippen LogP contribution in [0, 0.1) is 6.92 Å². The molecule has 1 aliphatic heterocycles. The van der Waals surface area contributed by atoms with Gasteiger partial charge in [-0.15, -0.1) is 5.10 Å². The SMILES string of the molecule is Cc1cccc2nc(NC3CCOC(C)(C)C3)nn12. The first-order valence-electron chi connectivity index (χ1n) is 6.76. The molecule has 1 N–H and O–H groups in total. The van der Waals surface area contributed by atoms with Crippen LogP contribution < -0.4 is 5.32 Å². The molecule has 1 aliphatic rings. The van der Waals surface area contributed by atoms with Gasteiger partial charge in [-0.1, -0.05) is 6.07 Å². The lowest BCUT2D eigenvalue weighted by molar-refractivity contribution is -0.0553. The van der Waals surface area contributed by atoms with Gasteiger partial charge in [0.1, 0.15) is 0 Å². The third-order valence-corrected chi connectivity index (χ3v) is 3.58. The molecule has 0 spiro atoms. The lowest BCUT2D eigenvalue weighted by atomic mass is 9.94. The Morgan fingerprint density at radius 3 is 3.00 bits per heavy atom. The monoisotopic (exact) mass is 260 g/mol. The second kappa shape index (κ2) is 4.49. The second-order valence-electron chi connectivity index (χ2n) is 5.81. The van der Waals surface area contributed by atoms with Crippen LogP contribution in [0.15, 0.2) is 18.2 Å². The van der Waals surface area contributed by atoms with E-state index in [1.54, 1.807) is 0 Å². The Kier molecular flexibility index (Phi) is 2.93. The lowest BCUT2D eigenvalue weighted by Crippen LogP contribution is -2.40. The standard InChI is InChI=1S/C14H20N4O/c1-10-5-4-6-12-16-13(17-18(10)12)15-11-7-8-19-14(2,3)9-11/h4-6,11H,7-9H2,1-3H3,(H,15,17). The average Bonchev–Trinajstić information content (AvgIpc) is 2.71. The van der Waals surface area contributed by atoms with Crippen LogP contribution >= 0.6 is 0 Å². The Morgan fingerprint density at radius 2 is 2.26 bits per heavy atom. The summed E-state index contributed by atoms with van der Waals surface area (Å²) in [5.74, 6) is 0.706. The van der Waals surface area contributed by atoms with Crippen LogP contribution in [-0.4, -0.2) is 32.8 Å². The maximum absolute atomic E-state index is 5.73. The summed E-state index contributed by atoms with van der Waals surface area (Å²) >= 11 is 0. The van der Waals surface area contributed by atoms with Crippen molar-refractivity contribution >= 4 is 11.6 Å². The molecule has 5 heteroatoms. The zero-order valence-corrected chi connectivity index (χ0v) is 11.7. The van der Waals surface area contributed by atoms with E-state index in [4.69, 9.17) is 4.74 Å². The maximum Gasteiger partial charge on any atom is 0.243 e. The molecule has 3 rings (SSSR count). The first-order valence-corrected chi connectivity index (χ1v) is 6.76. The van der Waals surface area contributed by atoms with Gasteiger partial charge in [0.25, 0.3) is 0 Å². The fraction of sp³-hybridized carbons (Fsp3) is 0.571. The minimum atomic E-state index is -0.0645. The number of aryl methyl sites for hydroxylation is 1. The molecule has 19 heavy (non-hydrogen) atoms. The topological polar surface area (TPSA) is 51.5 Å². The molecule has 1 unspecified atom stereocenters. The van der Waals surface area contributed by atoms with Gasteiger partial charge in [0, 0.05) is 18.3 Å². The number of aromatic nitrogens is 3. The van der Waals surface area contributed by atoms with Crippen LogP contribution in [0.3, 0.4) is 0 Å². The number of rotatable bonds is 2. The Bertz CT molecular complexity index is 590. The number of nitrogens with zero attached hydrogens (tertiary/aromatic N) is 3. The third kappa shape index (κ3) is 2.56. The van der Waals surface area contributed by atoms with Crippen LogP contribution in [0.5, 0.6) is 0 Å². The number of hydrogen-bond acceptors (Lipinski definition) is 4. The van der Waals surface area contributed by atoms with E-state index in [-0.39, 0.29) is 5.60 Å². The van der Waals surface area contributed by atoms with Crippen LogP contribution in [0.4, 0.5) is 5.95 Å². The van der Waals surface area contributed by atoms with Crippen molar-refractivity contribution in [1.29, 1.82) is 0 Å². The van der Waals surface area contributed by atoms with E-state index >= 15 is 0 Å². The highest BCUT2D eigenvalue weighted by molar-refractivity contribution is 5.44. The summed E-state index contributed by atoms with van der Waals surface area (Å²) in [5.41, 5.74) is 1.91. The highest BCUT2D eigenvalue weighted by Crippen LogP contribution is 2.25. The predicted molar refractivity (Wildman–Crippen MR) is 74.4 cm³/mol. The summed E-state index contributed by atoms with van der Waals surface area (Å²) in [6.45, 7) is 7.07. The molecule has 0 aromatic carbocycles. The highest BCUT2D eigenvalue weighted by atomic mass is 16.5. The minimum absolute atomic E-state index is 0.0645. The van der Waals surface area contributed by atoms with Gasteiger partial charge in [0.05, 0.1) is 5.60 Å². The largest absolute Gasteiger partial charge is 0.375 e. The molecule has 1 saturated heterocycles. The van der Waals surface area contributed by atoms with Gasteiger partial charge in [0.2, 0.25) is 5.95 Å². The van der Waals surface area contributed by atoms with Gasteiger partial charge in [-0.05, 0) is 45.7 Å². The van der Waals surface area contributed by atoms with Crippen molar-refractivity contribution in [2.75, 3.05) is 11.9 Å². The Balaban J connectivity index is 1.80. The molecular formula is C14H20N4O. The molecule has 0 aliphatic carbocycles. The molecule has 0 radical (unpaired) electrons. The fourth-order valence-corrected chi connectivity index (χ4v) is 2.63. The average molecular weight is 260 g/mol. The highest BCUT2D eigenvalue weighted by Gasteiger charge is 2.29. The normalized spacial score (nSPS) is 22.6. The zero-order valence-electron chi connectivity index (χ0n) is 11.7. The summed E-state index contributed by atoms with van der Waals surface area (Å²) in [6, 6.07) is 6.38. The third-order valence-electron chi connectivity index (χ3n) is 3.58. The molecule has 1 atom stereocenters. The lowest BCUT2D eigenvalue weighted by Gasteiger charge is -2.35. The van der Waals surface area contributed by atoms with E-state index in [2.05, 4.69) is 29.2 Å². The van der Waals surface area contributed by atoms with Crippen molar-refractivity contribution in [3.63, 3.8) is 0 Å². The molecule has 102 valence electrons. The van der Waals surface area contributed by atoms with Gasteiger partial charge in [-0.2, -0.15) is 4.98 Å². The van der Waals surface area contributed by atoms with E-state index in [0.29, 0.717) is 12.0 Å². The Hall–Kier alpha value is -1.62. The van der Waals surface area contributed by atoms with Crippen LogP contribution in [0.2, 0.25) is 0 Å². The molecule has 2 aromatic rings. The number of pyridine rings is 1. The molecule has 0 amide bonds. The van der Waals surface area contributed by atoms with E-state index in [9.17, 15) is 0 Å². The van der Waals surface area contributed by atoms with Gasteiger partial charge >= 0.3 is 0 Å². The van der Waals surface area contributed by atoms with Crippen molar-refractivity contribution in [2.24, 2.45) is 0 Å². The predicted octanol–water partition coefficient (Wildman–Crippen LogP) is 2.41. The molecular weight excluding hydrogens is 240 g/mol. The summed E-state index contributed by atoms with van der Waals surface area (Å²) in [6.07, 6.45) is 1.97. The number of fused-ring (bicyclic) bond motifs is 1. The number of hydrogen-bond donors (Lipinski definition) is 1.